The monoisotopic (exact) mass is 416 g/mol. The van der Waals surface area contributed by atoms with E-state index in [0.29, 0.717) is 10.0 Å². The molecule has 7 heteroatoms. The highest BCUT2D eigenvalue weighted by Crippen LogP contribution is 2.30. The average Bonchev–Trinajstić information content (AvgIpc) is 3.34. The molecular formula is C20H18Cl2N4S. The van der Waals surface area contributed by atoms with E-state index in [9.17, 15) is 0 Å². The van der Waals surface area contributed by atoms with E-state index in [1.165, 1.54) is 11.0 Å². The van der Waals surface area contributed by atoms with Gasteiger partial charge in [0.25, 0.3) is 0 Å². The maximum absolute atomic E-state index is 6.35. The molecule has 0 spiro atoms. The summed E-state index contributed by atoms with van der Waals surface area (Å²) in [6.45, 7) is 4.66. The SMILES string of the molecule is Clc1cccc(CN2CCN(c3nc4sccc4n4cccc34)CC2)c1Cl. The lowest BCUT2D eigenvalue weighted by Gasteiger charge is -2.35. The molecule has 1 aliphatic rings. The summed E-state index contributed by atoms with van der Waals surface area (Å²) in [6, 6.07) is 12.2. The quantitative estimate of drug-likeness (QED) is 0.459. The normalized spacial score (nSPS) is 15.9. The molecule has 0 unspecified atom stereocenters. The van der Waals surface area contributed by atoms with Crippen LogP contribution in [0.5, 0.6) is 0 Å². The number of anilines is 1. The van der Waals surface area contributed by atoms with Crippen LogP contribution in [0.4, 0.5) is 5.82 Å². The number of halogens is 2. The number of piperazine rings is 1. The molecule has 27 heavy (non-hydrogen) atoms. The maximum atomic E-state index is 6.35. The third-order valence-corrected chi connectivity index (χ3v) is 6.82. The van der Waals surface area contributed by atoms with E-state index < -0.39 is 0 Å². The number of nitrogens with zero attached hydrogens (tertiary/aromatic N) is 4. The molecule has 0 atom stereocenters. The van der Waals surface area contributed by atoms with Gasteiger partial charge < -0.3 is 9.30 Å². The van der Waals surface area contributed by atoms with Crippen LogP contribution < -0.4 is 4.90 Å². The summed E-state index contributed by atoms with van der Waals surface area (Å²) in [7, 11) is 0. The molecule has 0 N–H and O–H groups in total. The van der Waals surface area contributed by atoms with Gasteiger partial charge in [0.05, 0.1) is 21.1 Å². The first-order valence-corrected chi connectivity index (χ1v) is 10.6. The predicted octanol–water partition coefficient (Wildman–Crippen LogP) is 5.18. The van der Waals surface area contributed by atoms with Gasteiger partial charge >= 0.3 is 0 Å². The van der Waals surface area contributed by atoms with Gasteiger partial charge in [0.15, 0.2) is 5.82 Å². The molecule has 0 radical (unpaired) electrons. The van der Waals surface area contributed by atoms with Crippen molar-refractivity contribution in [1.29, 1.82) is 0 Å². The van der Waals surface area contributed by atoms with Gasteiger partial charge in [0.1, 0.15) is 4.83 Å². The van der Waals surface area contributed by atoms with Crippen LogP contribution in [0.2, 0.25) is 10.0 Å². The van der Waals surface area contributed by atoms with Gasteiger partial charge in [0.2, 0.25) is 0 Å². The zero-order valence-corrected chi connectivity index (χ0v) is 16.9. The van der Waals surface area contributed by atoms with Crippen LogP contribution in [0, 0.1) is 0 Å². The maximum Gasteiger partial charge on any atom is 0.154 e. The molecule has 1 fully saturated rings. The van der Waals surface area contributed by atoms with Crippen molar-refractivity contribution < 1.29 is 0 Å². The second-order valence-corrected chi connectivity index (χ2v) is 8.47. The van der Waals surface area contributed by atoms with Gasteiger partial charge in [-0.3, -0.25) is 4.90 Å². The molecule has 138 valence electrons. The highest BCUT2D eigenvalue weighted by atomic mass is 35.5. The molecule has 4 aromatic rings. The van der Waals surface area contributed by atoms with Crippen molar-refractivity contribution in [3.8, 4) is 0 Å². The molecule has 0 amide bonds. The number of thiophene rings is 1. The van der Waals surface area contributed by atoms with Crippen molar-refractivity contribution in [3.63, 3.8) is 0 Å². The number of aromatic nitrogens is 2. The molecule has 4 nitrogen and oxygen atoms in total. The molecule has 0 aliphatic carbocycles. The van der Waals surface area contributed by atoms with Crippen molar-refractivity contribution in [2.45, 2.75) is 6.54 Å². The molecular weight excluding hydrogens is 399 g/mol. The van der Waals surface area contributed by atoms with Crippen molar-refractivity contribution >= 4 is 56.2 Å². The standard InChI is InChI=1S/C20H18Cl2N4S/c21-15-4-1-3-14(18(15)22)13-24-8-10-25(11-9-24)19-16-5-2-7-26(16)17-6-12-27-20(17)23-19/h1-7,12H,8-11,13H2. The Morgan fingerprint density at radius 1 is 0.963 bits per heavy atom. The minimum Gasteiger partial charge on any atom is -0.352 e. The van der Waals surface area contributed by atoms with Crippen molar-refractivity contribution in [2.75, 3.05) is 31.1 Å². The van der Waals surface area contributed by atoms with E-state index in [-0.39, 0.29) is 0 Å². The second-order valence-electron chi connectivity index (χ2n) is 6.79. The zero-order valence-electron chi connectivity index (χ0n) is 14.6. The summed E-state index contributed by atoms with van der Waals surface area (Å²) < 4.78 is 2.24. The fourth-order valence-electron chi connectivity index (χ4n) is 3.75. The first-order chi connectivity index (χ1) is 13.2. The van der Waals surface area contributed by atoms with Crippen LogP contribution in [-0.2, 0) is 6.54 Å². The molecule has 1 aliphatic heterocycles. The minimum atomic E-state index is 0.622. The van der Waals surface area contributed by atoms with Crippen LogP contribution in [0.15, 0.2) is 48.0 Å². The number of hydrogen-bond donors (Lipinski definition) is 0. The topological polar surface area (TPSA) is 23.8 Å². The molecule has 1 aromatic carbocycles. The Morgan fingerprint density at radius 2 is 1.81 bits per heavy atom. The lowest BCUT2D eigenvalue weighted by atomic mass is 10.2. The van der Waals surface area contributed by atoms with E-state index in [1.54, 1.807) is 11.3 Å². The van der Waals surface area contributed by atoms with Gasteiger partial charge in [-0.15, -0.1) is 11.3 Å². The molecule has 1 saturated heterocycles. The van der Waals surface area contributed by atoms with E-state index >= 15 is 0 Å². The smallest absolute Gasteiger partial charge is 0.154 e. The lowest BCUT2D eigenvalue weighted by Crippen LogP contribution is -2.46. The summed E-state index contributed by atoms with van der Waals surface area (Å²) in [5.41, 5.74) is 3.44. The van der Waals surface area contributed by atoms with Gasteiger partial charge in [0, 0.05) is 38.9 Å². The summed E-state index contributed by atoms with van der Waals surface area (Å²) >= 11 is 14.2. The van der Waals surface area contributed by atoms with E-state index in [2.05, 4.69) is 50.0 Å². The Balaban J connectivity index is 1.36. The first kappa shape index (κ1) is 17.3. The van der Waals surface area contributed by atoms with Crippen LogP contribution in [0.25, 0.3) is 15.9 Å². The Morgan fingerprint density at radius 3 is 2.67 bits per heavy atom. The third kappa shape index (κ3) is 3.09. The van der Waals surface area contributed by atoms with Gasteiger partial charge in [-0.1, -0.05) is 35.3 Å². The van der Waals surface area contributed by atoms with E-state index in [0.717, 1.165) is 48.9 Å². The van der Waals surface area contributed by atoms with Crippen molar-refractivity contribution in [1.82, 2.24) is 14.3 Å². The molecule has 5 rings (SSSR count). The fraction of sp³-hybridized carbons (Fsp3) is 0.250. The third-order valence-electron chi connectivity index (χ3n) is 5.17. The largest absolute Gasteiger partial charge is 0.352 e. The van der Waals surface area contributed by atoms with Crippen LogP contribution in [-0.4, -0.2) is 40.5 Å². The highest BCUT2D eigenvalue weighted by molar-refractivity contribution is 7.16. The number of rotatable bonds is 3. The predicted molar refractivity (Wildman–Crippen MR) is 115 cm³/mol. The summed E-state index contributed by atoms with van der Waals surface area (Å²) in [5, 5.41) is 3.39. The Labute approximate surface area is 171 Å². The first-order valence-electron chi connectivity index (χ1n) is 8.95. The summed E-state index contributed by atoms with van der Waals surface area (Å²) in [5.74, 6) is 1.08. The van der Waals surface area contributed by atoms with Crippen LogP contribution in [0.3, 0.4) is 0 Å². The minimum absolute atomic E-state index is 0.622. The lowest BCUT2D eigenvalue weighted by molar-refractivity contribution is 0.249. The van der Waals surface area contributed by atoms with Gasteiger partial charge in [-0.25, -0.2) is 4.98 Å². The molecule has 4 heterocycles. The number of benzene rings is 1. The van der Waals surface area contributed by atoms with Crippen molar-refractivity contribution in [3.05, 3.63) is 63.6 Å². The summed E-state index contributed by atoms with van der Waals surface area (Å²) in [4.78, 5) is 10.9. The van der Waals surface area contributed by atoms with Crippen LogP contribution in [0.1, 0.15) is 5.56 Å². The molecule has 3 aromatic heterocycles. The summed E-state index contributed by atoms with van der Waals surface area (Å²) in [6.07, 6.45) is 2.12. The van der Waals surface area contributed by atoms with Crippen molar-refractivity contribution in [2.24, 2.45) is 0 Å². The van der Waals surface area contributed by atoms with Gasteiger partial charge in [-0.2, -0.15) is 0 Å². The molecule has 0 bridgehead atoms. The zero-order chi connectivity index (χ0) is 18.4. The molecule has 0 saturated carbocycles. The Kier molecular flexibility index (Phi) is 4.48. The average molecular weight is 417 g/mol. The second kappa shape index (κ2) is 6.99. The Bertz CT molecular complexity index is 1110. The number of hydrogen-bond acceptors (Lipinski definition) is 4. The van der Waals surface area contributed by atoms with Gasteiger partial charge in [-0.05, 0) is 35.2 Å². The highest BCUT2D eigenvalue weighted by Gasteiger charge is 2.22. The van der Waals surface area contributed by atoms with E-state index in [1.807, 2.05) is 12.1 Å². The van der Waals surface area contributed by atoms with Crippen LogP contribution >= 0.6 is 34.5 Å². The Hall–Kier alpha value is -1.79. The van der Waals surface area contributed by atoms with E-state index in [4.69, 9.17) is 28.2 Å². The number of fused-ring (bicyclic) bond motifs is 3. The fourth-order valence-corrected chi connectivity index (χ4v) is 4.88.